The number of hydrogen-bond donors (Lipinski definition) is 0. The maximum Gasteiger partial charge on any atom is 0.410 e. The molecule has 1 unspecified atom stereocenters. The quantitative estimate of drug-likeness (QED) is 0.778. The molecule has 0 radical (unpaired) electrons. The number of piperazine rings is 1. The van der Waals surface area contributed by atoms with E-state index in [1.165, 1.54) is 0 Å². The molecule has 0 N–H and O–H groups in total. The van der Waals surface area contributed by atoms with Gasteiger partial charge >= 0.3 is 6.09 Å². The van der Waals surface area contributed by atoms with Gasteiger partial charge in [0.05, 0.1) is 12.1 Å². The molecule has 5 nitrogen and oxygen atoms in total. The molecule has 2 bridgehead atoms. The lowest BCUT2D eigenvalue weighted by Crippen LogP contribution is -2.70. The molecule has 1 amide bonds. The Balaban J connectivity index is 1.64. The summed E-state index contributed by atoms with van der Waals surface area (Å²) in [6.07, 6.45) is 2.68. The number of fused-ring (bicyclic) bond motifs is 2. The van der Waals surface area contributed by atoms with E-state index >= 15 is 0 Å². The van der Waals surface area contributed by atoms with Crippen LogP contribution in [0.3, 0.4) is 0 Å². The molecule has 114 valence electrons. The Kier molecular flexibility index (Phi) is 3.59. The number of hydrogen-bond acceptors (Lipinski definition) is 4. The van der Waals surface area contributed by atoms with Crippen LogP contribution in [0.2, 0.25) is 0 Å². The van der Waals surface area contributed by atoms with Crippen molar-refractivity contribution in [2.75, 3.05) is 18.0 Å². The van der Waals surface area contributed by atoms with Crippen molar-refractivity contribution in [2.45, 2.75) is 44.9 Å². The van der Waals surface area contributed by atoms with Crippen molar-refractivity contribution in [3.63, 3.8) is 0 Å². The highest BCUT2D eigenvalue weighted by Crippen LogP contribution is 2.35. The maximum atomic E-state index is 12.2. The van der Waals surface area contributed by atoms with Crippen molar-refractivity contribution in [2.24, 2.45) is 0 Å². The monoisotopic (exact) mass is 353 g/mol. The first kappa shape index (κ1) is 14.6. The molecule has 3 aliphatic rings. The molecule has 3 aliphatic heterocycles. The predicted octanol–water partition coefficient (Wildman–Crippen LogP) is 3.04. The normalized spacial score (nSPS) is 24.6. The van der Waals surface area contributed by atoms with E-state index in [4.69, 9.17) is 4.74 Å². The molecule has 0 aromatic carbocycles. The fourth-order valence-corrected chi connectivity index (χ4v) is 3.20. The van der Waals surface area contributed by atoms with Gasteiger partial charge in [-0.05, 0) is 55.3 Å². The van der Waals surface area contributed by atoms with Crippen molar-refractivity contribution < 1.29 is 9.53 Å². The standard InChI is InChI=1S/C15H20BrN3O2/c1-15(2,3)21-14(20)19-11-6-12(19)9-18(8-11)13-5-4-10(16)7-17-13/h4-5,7,11-12H,6,8-9H2,1-3H3/t11-,12?/m0/s1. The summed E-state index contributed by atoms with van der Waals surface area (Å²) in [5.74, 6) is 0.969. The van der Waals surface area contributed by atoms with E-state index in [0.717, 1.165) is 29.8 Å². The van der Waals surface area contributed by atoms with E-state index in [-0.39, 0.29) is 18.2 Å². The number of rotatable bonds is 1. The van der Waals surface area contributed by atoms with Gasteiger partial charge in [0.25, 0.3) is 0 Å². The van der Waals surface area contributed by atoms with Crippen molar-refractivity contribution >= 4 is 27.8 Å². The summed E-state index contributed by atoms with van der Waals surface area (Å²) in [4.78, 5) is 20.8. The highest BCUT2D eigenvalue weighted by atomic mass is 79.9. The summed E-state index contributed by atoms with van der Waals surface area (Å²) in [6, 6.07) is 4.48. The molecule has 4 rings (SSSR count). The topological polar surface area (TPSA) is 45.7 Å². The summed E-state index contributed by atoms with van der Waals surface area (Å²) in [5.41, 5.74) is -0.437. The molecule has 1 aromatic heterocycles. The van der Waals surface area contributed by atoms with Crippen LogP contribution in [0.15, 0.2) is 22.8 Å². The van der Waals surface area contributed by atoms with Gasteiger partial charge in [-0.15, -0.1) is 0 Å². The lowest BCUT2D eigenvalue weighted by atomic mass is 9.88. The van der Waals surface area contributed by atoms with Crippen LogP contribution < -0.4 is 4.90 Å². The van der Waals surface area contributed by atoms with Crippen molar-refractivity contribution in [1.29, 1.82) is 0 Å². The third-order valence-electron chi connectivity index (χ3n) is 3.83. The van der Waals surface area contributed by atoms with Gasteiger partial charge in [0, 0.05) is 23.8 Å². The average molecular weight is 354 g/mol. The summed E-state index contributed by atoms with van der Waals surface area (Å²) in [5, 5.41) is 0. The number of piperidine rings is 1. The molecule has 0 spiro atoms. The van der Waals surface area contributed by atoms with E-state index in [1.54, 1.807) is 6.20 Å². The van der Waals surface area contributed by atoms with E-state index < -0.39 is 5.60 Å². The zero-order valence-corrected chi connectivity index (χ0v) is 14.1. The van der Waals surface area contributed by atoms with Crippen molar-refractivity contribution in [1.82, 2.24) is 9.88 Å². The third kappa shape index (κ3) is 3.00. The molecule has 0 saturated carbocycles. The molecule has 1 aromatic rings. The largest absolute Gasteiger partial charge is 0.444 e. The maximum absolute atomic E-state index is 12.2. The molecular formula is C15H20BrN3O2. The fourth-order valence-electron chi connectivity index (χ4n) is 2.96. The van der Waals surface area contributed by atoms with Gasteiger partial charge in [-0.25, -0.2) is 9.78 Å². The Morgan fingerprint density at radius 3 is 2.52 bits per heavy atom. The predicted molar refractivity (Wildman–Crippen MR) is 84.4 cm³/mol. The lowest BCUT2D eigenvalue weighted by Gasteiger charge is -2.56. The number of amides is 1. The SMILES string of the molecule is CC(C)(C)OC(=O)N1C2C[C@H]1CN(c1ccc(Br)cn1)C2. The Bertz CT molecular complexity index is 529. The number of anilines is 1. The van der Waals surface area contributed by atoms with Crippen molar-refractivity contribution in [3.8, 4) is 0 Å². The van der Waals surface area contributed by atoms with Crippen LogP contribution in [-0.4, -0.2) is 46.8 Å². The first-order chi connectivity index (χ1) is 9.83. The Morgan fingerprint density at radius 2 is 2.00 bits per heavy atom. The third-order valence-corrected chi connectivity index (χ3v) is 4.30. The second kappa shape index (κ2) is 5.16. The number of nitrogens with zero attached hydrogens (tertiary/aromatic N) is 3. The Morgan fingerprint density at radius 1 is 1.33 bits per heavy atom. The van der Waals surface area contributed by atoms with Gasteiger partial charge in [0.15, 0.2) is 0 Å². The minimum atomic E-state index is -0.437. The van der Waals surface area contributed by atoms with Gasteiger partial charge in [0.2, 0.25) is 0 Å². The molecule has 6 heteroatoms. The summed E-state index contributed by atoms with van der Waals surface area (Å²) < 4.78 is 6.46. The highest BCUT2D eigenvalue weighted by molar-refractivity contribution is 9.10. The van der Waals surface area contributed by atoms with Gasteiger partial charge in [-0.2, -0.15) is 0 Å². The highest BCUT2D eigenvalue weighted by Gasteiger charge is 2.48. The van der Waals surface area contributed by atoms with Crippen LogP contribution in [0, 0.1) is 0 Å². The fraction of sp³-hybridized carbons (Fsp3) is 0.600. The molecule has 0 aliphatic carbocycles. The first-order valence-corrected chi connectivity index (χ1v) is 8.00. The van der Waals surface area contributed by atoms with Crippen molar-refractivity contribution in [3.05, 3.63) is 22.8 Å². The molecule has 3 saturated heterocycles. The van der Waals surface area contributed by atoms with Gasteiger partial charge in [-0.1, -0.05) is 0 Å². The smallest absolute Gasteiger partial charge is 0.410 e. The van der Waals surface area contributed by atoms with Crippen LogP contribution >= 0.6 is 15.9 Å². The minimum Gasteiger partial charge on any atom is -0.444 e. The molecular weight excluding hydrogens is 334 g/mol. The van der Waals surface area contributed by atoms with Gasteiger partial charge in [-0.3, -0.25) is 4.90 Å². The van der Waals surface area contributed by atoms with Crippen LogP contribution in [0.4, 0.5) is 10.6 Å². The number of halogens is 1. The van der Waals surface area contributed by atoms with E-state index in [0.29, 0.717) is 0 Å². The van der Waals surface area contributed by atoms with Gasteiger partial charge < -0.3 is 9.64 Å². The van der Waals surface area contributed by atoms with E-state index in [9.17, 15) is 4.79 Å². The number of pyridine rings is 1. The molecule has 2 atom stereocenters. The number of aromatic nitrogens is 1. The lowest BCUT2D eigenvalue weighted by molar-refractivity contribution is -0.0380. The number of carbonyl (C=O) groups is 1. The second-order valence-electron chi connectivity index (χ2n) is 6.67. The number of carbonyl (C=O) groups excluding carboxylic acids is 1. The van der Waals surface area contributed by atoms with Gasteiger partial charge in [0.1, 0.15) is 11.4 Å². The Hall–Kier alpha value is -1.30. The zero-order valence-electron chi connectivity index (χ0n) is 12.5. The second-order valence-corrected chi connectivity index (χ2v) is 7.59. The Labute approximate surface area is 133 Å². The van der Waals surface area contributed by atoms with E-state index in [2.05, 4.69) is 25.8 Å². The zero-order chi connectivity index (χ0) is 15.2. The van der Waals surface area contributed by atoms with Crippen LogP contribution in [0.5, 0.6) is 0 Å². The number of ether oxygens (including phenoxy) is 1. The van der Waals surface area contributed by atoms with Crippen LogP contribution in [0.25, 0.3) is 0 Å². The van der Waals surface area contributed by atoms with Crippen LogP contribution in [-0.2, 0) is 4.74 Å². The first-order valence-electron chi connectivity index (χ1n) is 7.21. The molecule has 3 fully saturated rings. The van der Waals surface area contributed by atoms with E-state index in [1.807, 2.05) is 37.8 Å². The summed E-state index contributed by atoms with van der Waals surface area (Å²) in [7, 11) is 0. The molecule has 4 heterocycles. The molecule has 21 heavy (non-hydrogen) atoms. The summed E-state index contributed by atoms with van der Waals surface area (Å²) >= 11 is 3.40. The summed E-state index contributed by atoms with van der Waals surface area (Å²) in [6.45, 7) is 7.35. The average Bonchev–Trinajstić information content (AvgIpc) is 2.37. The minimum absolute atomic E-state index is 0.188. The van der Waals surface area contributed by atoms with Crippen LogP contribution in [0.1, 0.15) is 27.2 Å².